The number of pyridine rings is 1. The van der Waals surface area contributed by atoms with Crippen molar-refractivity contribution in [2.75, 3.05) is 11.4 Å². The van der Waals surface area contributed by atoms with Crippen LogP contribution in [-0.2, 0) is 6.54 Å². The Morgan fingerprint density at radius 1 is 1.04 bits per heavy atom. The lowest BCUT2D eigenvalue weighted by Crippen LogP contribution is -2.37. The van der Waals surface area contributed by atoms with Crippen LogP contribution in [0.4, 0.5) is 5.82 Å². The molecule has 26 heavy (non-hydrogen) atoms. The maximum Gasteiger partial charge on any atom is 0.266 e. The Kier molecular flexibility index (Phi) is 3.73. The molecule has 1 saturated heterocycles. The molecule has 0 amide bonds. The van der Waals surface area contributed by atoms with Crippen molar-refractivity contribution in [2.45, 2.75) is 44.2 Å². The number of aromatic nitrogens is 3. The lowest BCUT2D eigenvalue weighted by molar-refractivity contribution is 0.481. The van der Waals surface area contributed by atoms with Gasteiger partial charge in [-0.05, 0) is 43.2 Å². The van der Waals surface area contributed by atoms with Crippen molar-refractivity contribution >= 4 is 16.6 Å². The zero-order valence-corrected chi connectivity index (χ0v) is 14.7. The Labute approximate surface area is 152 Å². The van der Waals surface area contributed by atoms with Crippen LogP contribution in [0.2, 0.25) is 0 Å². The van der Waals surface area contributed by atoms with Gasteiger partial charge in [0.25, 0.3) is 5.56 Å². The first kappa shape index (κ1) is 15.6. The van der Waals surface area contributed by atoms with Crippen LogP contribution < -0.4 is 10.5 Å². The minimum Gasteiger partial charge on any atom is -0.351 e. The number of benzene rings is 1. The molecule has 3 aromatic rings. The van der Waals surface area contributed by atoms with Crippen LogP contribution >= 0.6 is 0 Å². The van der Waals surface area contributed by atoms with Gasteiger partial charge in [-0.2, -0.15) is 5.10 Å². The van der Waals surface area contributed by atoms with Gasteiger partial charge in [0.15, 0.2) is 0 Å². The molecule has 0 bridgehead atoms. The van der Waals surface area contributed by atoms with Gasteiger partial charge in [0.2, 0.25) is 0 Å². The quantitative estimate of drug-likeness (QED) is 0.727. The van der Waals surface area contributed by atoms with Gasteiger partial charge < -0.3 is 4.90 Å². The molecule has 0 spiro atoms. The summed E-state index contributed by atoms with van der Waals surface area (Å²) in [5.41, 5.74) is 1.06. The molecular weight excluding hydrogens is 324 g/mol. The second-order valence-electron chi connectivity index (χ2n) is 7.40. The Hall–Kier alpha value is -2.69. The average Bonchev–Trinajstić information content (AvgIpc) is 3.42. The summed E-state index contributed by atoms with van der Waals surface area (Å²) in [4.78, 5) is 19.4. The molecule has 2 aliphatic rings. The second-order valence-corrected chi connectivity index (χ2v) is 7.40. The fraction of sp³-hybridized carbons (Fsp3) is 0.381. The largest absolute Gasteiger partial charge is 0.351 e. The molecule has 1 atom stereocenters. The van der Waals surface area contributed by atoms with Gasteiger partial charge in [-0.3, -0.25) is 4.79 Å². The minimum absolute atomic E-state index is 0.00729. The predicted octanol–water partition coefficient (Wildman–Crippen LogP) is 3.34. The fourth-order valence-corrected chi connectivity index (χ4v) is 4.03. The lowest BCUT2D eigenvalue weighted by Gasteiger charge is -2.27. The predicted molar refractivity (Wildman–Crippen MR) is 103 cm³/mol. The molecule has 1 saturated carbocycles. The molecule has 1 aliphatic carbocycles. The SMILES string of the molecule is O=c1ccc(C2CC2)nn1CC1CCCN1c1nccc2ccccc12. The summed E-state index contributed by atoms with van der Waals surface area (Å²) in [5, 5.41) is 7.02. The summed E-state index contributed by atoms with van der Waals surface area (Å²) in [7, 11) is 0. The van der Waals surface area contributed by atoms with Gasteiger partial charge in [-0.1, -0.05) is 24.3 Å². The lowest BCUT2D eigenvalue weighted by atomic mass is 10.1. The number of hydrogen-bond donors (Lipinski definition) is 0. The van der Waals surface area contributed by atoms with E-state index in [4.69, 9.17) is 0 Å². The smallest absolute Gasteiger partial charge is 0.266 e. The highest BCUT2D eigenvalue weighted by molar-refractivity contribution is 5.92. The maximum absolute atomic E-state index is 12.3. The van der Waals surface area contributed by atoms with Crippen molar-refractivity contribution in [3.63, 3.8) is 0 Å². The van der Waals surface area contributed by atoms with Crippen LogP contribution in [0.3, 0.4) is 0 Å². The number of nitrogens with zero attached hydrogens (tertiary/aromatic N) is 4. The molecule has 5 heteroatoms. The van der Waals surface area contributed by atoms with Gasteiger partial charge in [-0.15, -0.1) is 0 Å². The molecular formula is C21H22N4O. The molecule has 5 nitrogen and oxygen atoms in total. The molecule has 1 aliphatic heterocycles. The van der Waals surface area contributed by atoms with E-state index >= 15 is 0 Å². The molecule has 0 radical (unpaired) electrons. The average molecular weight is 346 g/mol. The second kappa shape index (κ2) is 6.24. The molecule has 1 aromatic carbocycles. The molecule has 2 aromatic heterocycles. The normalized spacial score (nSPS) is 20.0. The van der Waals surface area contributed by atoms with E-state index in [1.54, 1.807) is 10.7 Å². The van der Waals surface area contributed by atoms with Gasteiger partial charge in [0.1, 0.15) is 5.82 Å². The van der Waals surface area contributed by atoms with Crippen molar-refractivity contribution in [1.82, 2.24) is 14.8 Å². The van der Waals surface area contributed by atoms with Crippen LogP contribution in [0.15, 0.2) is 53.5 Å². The number of rotatable bonds is 4. The van der Waals surface area contributed by atoms with Crippen LogP contribution in [-0.4, -0.2) is 27.4 Å². The van der Waals surface area contributed by atoms with Crippen molar-refractivity contribution in [1.29, 1.82) is 0 Å². The molecule has 1 unspecified atom stereocenters. The van der Waals surface area contributed by atoms with E-state index in [1.807, 2.05) is 12.3 Å². The number of fused-ring (bicyclic) bond motifs is 1. The van der Waals surface area contributed by atoms with Crippen molar-refractivity contribution < 1.29 is 0 Å². The third kappa shape index (κ3) is 2.77. The number of anilines is 1. The highest BCUT2D eigenvalue weighted by atomic mass is 16.1. The van der Waals surface area contributed by atoms with Crippen molar-refractivity contribution in [2.24, 2.45) is 0 Å². The zero-order valence-electron chi connectivity index (χ0n) is 14.7. The van der Waals surface area contributed by atoms with E-state index in [0.29, 0.717) is 12.5 Å². The first-order valence-corrected chi connectivity index (χ1v) is 9.48. The van der Waals surface area contributed by atoms with E-state index < -0.39 is 0 Å². The van der Waals surface area contributed by atoms with Crippen LogP contribution in [0, 0.1) is 0 Å². The summed E-state index contributed by atoms with van der Waals surface area (Å²) < 4.78 is 1.67. The first-order chi connectivity index (χ1) is 12.8. The molecule has 2 fully saturated rings. The zero-order chi connectivity index (χ0) is 17.5. The highest BCUT2D eigenvalue weighted by Gasteiger charge is 2.29. The summed E-state index contributed by atoms with van der Waals surface area (Å²) in [5.74, 6) is 1.58. The Morgan fingerprint density at radius 3 is 2.81 bits per heavy atom. The third-order valence-electron chi connectivity index (χ3n) is 5.57. The summed E-state index contributed by atoms with van der Waals surface area (Å²) >= 11 is 0. The standard InChI is InChI=1S/C21H22N4O/c26-20-10-9-19(16-7-8-16)23-25(20)14-17-5-3-13-24(17)21-18-6-2-1-4-15(18)11-12-22-21/h1-2,4,6,9-12,16-17H,3,5,7-8,13-14H2. The molecule has 3 heterocycles. The third-order valence-corrected chi connectivity index (χ3v) is 5.57. The Balaban J connectivity index is 1.48. The molecule has 0 N–H and O–H groups in total. The molecule has 132 valence electrons. The fourth-order valence-electron chi connectivity index (χ4n) is 4.03. The summed E-state index contributed by atoms with van der Waals surface area (Å²) in [6, 6.07) is 14.2. The monoisotopic (exact) mass is 346 g/mol. The maximum atomic E-state index is 12.3. The van der Waals surface area contributed by atoms with Gasteiger partial charge >= 0.3 is 0 Å². The topological polar surface area (TPSA) is 51.0 Å². The Bertz CT molecular complexity index is 1000. The first-order valence-electron chi connectivity index (χ1n) is 9.48. The highest BCUT2D eigenvalue weighted by Crippen LogP contribution is 2.38. The van der Waals surface area contributed by atoms with E-state index in [2.05, 4.69) is 45.3 Å². The summed E-state index contributed by atoms with van der Waals surface area (Å²) in [6.07, 6.45) is 6.45. The minimum atomic E-state index is -0.00729. The number of hydrogen-bond acceptors (Lipinski definition) is 4. The van der Waals surface area contributed by atoms with Crippen LogP contribution in [0.1, 0.15) is 37.3 Å². The van der Waals surface area contributed by atoms with E-state index in [-0.39, 0.29) is 11.6 Å². The van der Waals surface area contributed by atoms with Gasteiger partial charge in [0.05, 0.1) is 18.3 Å². The van der Waals surface area contributed by atoms with Gasteiger partial charge in [-0.25, -0.2) is 9.67 Å². The Morgan fingerprint density at radius 2 is 1.92 bits per heavy atom. The van der Waals surface area contributed by atoms with Crippen LogP contribution in [0.25, 0.3) is 10.8 Å². The van der Waals surface area contributed by atoms with E-state index in [9.17, 15) is 4.79 Å². The molecule has 5 rings (SSSR count). The van der Waals surface area contributed by atoms with Crippen molar-refractivity contribution in [3.8, 4) is 0 Å². The van der Waals surface area contributed by atoms with Gasteiger partial charge in [0, 0.05) is 30.1 Å². The van der Waals surface area contributed by atoms with E-state index in [1.165, 1.54) is 23.6 Å². The van der Waals surface area contributed by atoms with Crippen molar-refractivity contribution in [3.05, 3.63) is 64.7 Å². The van der Waals surface area contributed by atoms with Crippen LogP contribution in [0.5, 0.6) is 0 Å². The van der Waals surface area contributed by atoms with E-state index in [0.717, 1.165) is 30.9 Å². The summed E-state index contributed by atoms with van der Waals surface area (Å²) in [6.45, 7) is 1.60.